The van der Waals surface area contributed by atoms with E-state index in [9.17, 15) is 31.1 Å². The Balaban J connectivity index is 2.63. The molecular formula is C16H10F6O3. The molecule has 0 aromatic heterocycles. The number of carbonyl (C=O) groups excluding carboxylic acids is 1. The highest BCUT2D eigenvalue weighted by molar-refractivity contribution is 5.99. The third-order valence-corrected chi connectivity index (χ3v) is 3.14. The molecule has 0 aliphatic carbocycles. The lowest BCUT2D eigenvalue weighted by molar-refractivity contribution is -0.274. The maximum atomic E-state index is 13.2. The fourth-order valence-electron chi connectivity index (χ4n) is 2.21. The highest BCUT2D eigenvalue weighted by Crippen LogP contribution is 2.38. The number of alkyl halides is 6. The number of hydrogen-bond acceptors (Lipinski definition) is 3. The van der Waals surface area contributed by atoms with Gasteiger partial charge in [-0.25, -0.2) is 4.79 Å². The molecular weight excluding hydrogens is 354 g/mol. The molecule has 0 aliphatic heterocycles. The van der Waals surface area contributed by atoms with Crippen molar-refractivity contribution in [2.75, 3.05) is 7.11 Å². The highest BCUT2D eigenvalue weighted by atomic mass is 19.4. The van der Waals surface area contributed by atoms with Crippen molar-refractivity contribution in [3.8, 4) is 16.9 Å². The second-order valence-corrected chi connectivity index (χ2v) is 4.79. The van der Waals surface area contributed by atoms with Gasteiger partial charge >= 0.3 is 18.5 Å². The number of carbonyl (C=O) groups is 1. The van der Waals surface area contributed by atoms with Crippen LogP contribution in [-0.2, 0) is 10.9 Å². The number of halogens is 6. The van der Waals surface area contributed by atoms with Crippen LogP contribution in [0.4, 0.5) is 26.3 Å². The number of ether oxygens (including phenoxy) is 2. The van der Waals surface area contributed by atoms with E-state index < -0.39 is 35.4 Å². The van der Waals surface area contributed by atoms with Crippen LogP contribution in [-0.4, -0.2) is 19.4 Å². The minimum atomic E-state index is -4.96. The van der Waals surface area contributed by atoms with Crippen LogP contribution in [0, 0.1) is 0 Å². The Kier molecular flexibility index (Phi) is 4.96. The number of esters is 1. The van der Waals surface area contributed by atoms with E-state index >= 15 is 0 Å². The Hall–Kier alpha value is -2.71. The van der Waals surface area contributed by atoms with Gasteiger partial charge in [0.15, 0.2) is 0 Å². The fraction of sp³-hybridized carbons (Fsp3) is 0.188. The summed E-state index contributed by atoms with van der Waals surface area (Å²) in [7, 11) is 0.905. The van der Waals surface area contributed by atoms with Gasteiger partial charge in [0.1, 0.15) is 5.75 Å². The zero-order valence-corrected chi connectivity index (χ0v) is 12.5. The second-order valence-electron chi connectivity index (χ2n) is 4.79. The maximum Gasteiger partial charge on any atom is 0.573 e. The lowest BCUT2D eigenvalue weighted by atomic mass is 9.95. The third kappa shape index (κ3) is 4.43. The molecule has 0 atom stereocenters. The Morgan fingerprint density at radius 2 is 1.60 bits per heavy atom. The monoisotopic (exact) mass is 364 g/mol. The van der Waals surface area contributed by atoms with Crippen molar-refractivity contribution in [1.29, 1.82) is 0 Å². The summed E-state index contributed by atoms with van der Waals surface area (Å²) in [6.07, 6.45) is -9.81. The van der Waals surface area contributed by atoms with E-state index in [4.69, 9.17) is 0 Å². The highest BCUT2D eigenvalue weighted by Gasteiger charge is 2.37. The van der Waals surface area contributed by atoms with Gasteiger partial charge in [0.2, 0.25) is 0 Å². The van der Waals surface area contributed by atoms with Gasteiger partial charge in [0.05, 0.1) is 18.2 Å². The third-order valence-electron chi connectivity index (χ3n) is 3.14. The van der Waals surface area contributed by atoms with Crippen molar-refractivity contribution < 1.29 is 40.6 Å². The molecule has 25 heavy (non-hydrogen) atoms. The quantitative estimate of drug-likeness (QED) is 0.564. The molecule has 2 rings (SSSR count). The zero-order valence-electron chi connectivity index (χ0n) is 12.5. The van der Waals surface area contributed by atoms with E-state index in [0.717, 1.165) is 31.4 Å². The molecule has 2 aromatic carbocycles. The molecule has 0 radical (unpaired) electrons. The first-order valence-electron chi connectivity index (χ1n) is 6.67. The normalized spacial score (nSPS) is 12.0. The van der Waals surface area contributed by atoms with Crippen molar-refractivity contribution in [2.24, 2.45) is 0 Å². The van der Waals surface area contributed by atoms with Gasteiger partial charge in [-0.3, -0.25) is 0 Å². The molecule has 0 amide bonds. The molecule has 9 heteroatoms. The molecule has 2 aromatic rings. The van der Waals surface area contributed by atoms with Crippen molar-refractivity contribution in [1.82, 2.24) is 0 Å². The standard InChI is InChI=1S/C16H10F6O3/c1-24-14(23)13-11(6-3-7-12(13)15(17,18)19)9-4-2-5-10(8-9)25-16(20,21)22/h2-8H,1H3. The smallest absolute Gasteiger partial charge is 0.465 e. The van der Waals surface area contributed by atoms with Crippen molar-refractivity contribution in [3.63, 3.8) is 0 Å². The number of benzene rings is 2. The van der Waals surface area contributed by atoms with Crippen molar-refractivity contribution in [3.05, 3.63) is 53.6 Å². The summed E-state index contributed by atoms with van der Waals surface area (Å²) < 4.78 is 84.6. The van der Waals surface area contributed by atoms with Crippen LogP contribution in [0.1, 0.15) is 15.9 Å². The van der Waals surface area contributed by atoms with E-state index in [1.165, 1.54) is 12.1 Å². The lowest BCUT2D eigenvalue weighted by Crippen LogP contribution is -2.17. The molecule has 0 fully saturated rings. The SMILES string of the molecule is COC(=O)c1c(-c2cccc(OC(F)(F)F)c2)cccc1C(F)(F)F. The van der Waals surface area contributed by atoms with Gasteiger partial charge in [-0.15, -0.1) is 13.2 Å². The van der Waals surface area contributed by atoms with E-state index in [-0.39, 0.29) is 11.1 Å². The lowest BCUT2D eigenvalue weighted by Gasteiger charge is -2.16. The van der Waals surface area contributed by atoms with Crippen LogP contribution in [0.3, 0.4) is 0 Å². The Labute approximate surface area is 137 Å². The molecule has 134 valence electrons. The summed E-state index contributed by atoms with van der Waals surface area (Å²) in [6, 6.07) is 7.20. The molecule has 0 saturated carbocycles. The first-order valence-corrected chi connectivity index (χ1v) is 6.67. The molecule has 0 N–H and O–H groups in total. The fourth-order valence-corrected chi connectivity index (χ4v) is 2.21. The van der Waals surface area contributed by atoms with E-state index in [1.54, 1.807) is 0 Å². The maximum absolute atomic E-state index is 13.2. The largest absolute Gasteiger partial charge is 0.573 e. The molecule has 0 aliphatic rings. The Morgan fingerprint density at radius 1 is 0.960 bits per heavy atom. The second kappa shape index (κ2) is 6.66. The van der Waals surface area contributed by atoms with Gasteiger partial charge in [0.25, 0.3) is 0 Å². The van der Waals surface area contributed by atoms with E-state index in [1.807, 2.05) is 0 Å². The van der Waals surface area contributed by atoms with Gasteiger partial charge in [0, 0.05) is 0 Å². The summed E-state index contributed by atoms with van der Waals surface area (Å²) in [5.74, 6) is -1.89. The molecule has 0 saturated heterocycles. The first-order chi connectivity index (χ1) is 11.5. The minimum absolute atomic E-state index is 0.0618. The van der Waals surface area contributed by atoms with Crippen LogP contribution in [0.2, 0.25) is 0 Å². The van der Waals surface area contributed by atoms with E-state index in [0.29, 0.717) is 6.07 Å². The number of rotatable bonds is 3. The number of hydrogen-bond donors (Lipinski definition) is 0. The Morgan fingerprint density at radius 3 is 2.16 bits per heavy atom. The molecule has 0 bridgehead atoms. The predicted octanol–water partition coefficient (Wildman–Crippen LogP) is 5.06. The summed E-state index contributed by atoms with van der Waals surface area (Å²) >= 11 is 0. The van der Waals surface area contributed by atoms with Crippen molar-refractivity contribution in [2.45, 2.75) is 12.5 Å². The van der Waals surface area contributed by atoms with Gasteiger partial charge < -0.3 is 9.47 Å². The summed E-state index contributed by atoms with van der Waals surface area (Å²) in [5.41, 5.74) is -2.33. The van der Waals surface area contributed by atoms with Gasteiger partial charge in [-0.05, 0) is 29.3 Å². The molecule has 0 heterocycles. The van der Waals surface area contributed by atoms with Crippen molar-refractivity contribution >= 4 is 5.97 Å². The van der Waals surface area contributed by atoms with Gasteiger partial charge in [-0.1, -0.05) is 24.3 Å². The van der Waals surface area contributed by atoms with E-state index in [2.05, 4.69) is 9.47 Å². The topological polar surface area (TPSA) is 35.5 Å². The molecule has 0 unspecified atom stereocenters. The van der Waals surface area contributed by atoms with Crippen LogP contribution in [0.15, 0.2) is 42.5 Å². The molecule has 3 nitrogen and oxygen atoms in total. The average Bonchev–Trinajstić information content (AvgIpc) is 2.51. The van der Waals surface area contributed by atoms with Gasteiger partial charge in [-0.2, -0.15) is 13.2 Å². The van der Waals surface area contributed by atoms with Crippen LogP contribution in [0.25, 0.3) is 11.1 Å². The average molecular weight is 364 g/mol. The van der Waals surface area contributed by atoms with Crippen LogP contribution < -0.4 is 4.74 Å². The van der Waals surface area contributed by atoms with Crippen LogP contribution >= 0.6 is 0 Å². The predicted molar refractivity (Wildman–Crippen MR) is 74.9 cm³/mol. The zero-order chi connectivity index (χ0) is 18.8. The summed E-state index contributed by atoms with van der Waals surface area (Å²) in [4.78, 5) is 11.9. The minimum Gasteiger partial charge on any atom is -0.465 e. The Bertz CT molecular complexity index is 780. The van der Waals surface area contributed by atoms with Crippen LogP contribution in [0.5, 0.6) is 5.75 Å². The number of methoxy groups -OCH3 is 1. The summed E-state index contributed by atoms with van der Waals surface area (Å²) in [6.45, 7) is 0. The first kappa shape index (κ1) is 18.6. The summed E-state index contributed by atoms with van der Waals surface area (Å²) in [5, 5.41) is 0. The molecule has 0 spiro atoms.